The maximum atomic E-state index is 12.3. The first kappa shape index (κ1) is 17.3. The van der Waals surface area contributed by atoms with E-state index in [0.717, 1.165) is 19.3 Å². The third kappa shape index (κ3) is 4.23. The number of nitrogens with one attached hydrogen (secondary N) is 1. The number of nitriles is 1. The molecule has 1 fully saturated rings. The molecule has 0 aromatic heterocycles. The molecule has 1 saturated carbocycles. The van der Waals surface area contributed by atoms with Gasteiger partial charge in [0.1, 0.15) is 5.54 Å². The van der Waals surface area contributed by atoms with Crippen molar-refractivity contribution in [3.63, 3.8) is 0 Å². The zero-order chi connectivity index (χ0) is 16.9. The average molecular weight is 335 g/mol. The van der Waals surface area contributed by atoms with Gasteiger partial charge in [0.15, 0.2) is 6.10 Å². The number of nitrogens with zero attached hydrogens (tertiary/aromatic N) is 1. The van der Waals surface area contributed by atoms with Crippen LogP contribution in [-0.4, -0.2) is 23.5 Å². The van der Waals surface area contributed by atoms with Gasteiger partial charge in [0.25, 0.3) is 5.91 Å². The van der Waals surface area contributed by atoms with Crippen LogP contribution < -0.4 is 5.32 Å². The Morgan fingerprint density at radius 3 is 2.57 bits per heavy atom. The highest BCUT2D eigenvalue weighted by Crippen LogP contribution is 2.27. The summed E-state index contributed by atoms with van der Waals surface area (Å²) in [6, 6.07) is 8.69. The van der Waals surface area contributed by atoms with E-state index in [0.29, 0.717) is 12.8 Å². The summed E-state index contributed by atoms with van der Waals surface area (Å²) in [5.41, 5.74) is -0.637. The summed E-state index contributed by atoms with van der Waals surface area (Å²) >= 11 is 5.94. The lowest BCUT2D eigenvalue weighted by Gasteiger charge is -2.32. The lowest BCUT2D eigenvalue weighted by atomic mass is 9.83. The molecule has 0 spiro atoms. The van der Waals surface area contributed by atoms with Crippen molar-refractivity contribution in [2.45, 2.75) is 50.7 Å². The van der Waals surface area contributed by atoms with Crippen molar-refractivity contribution in [3.8, 4) is 6.07 Å². The van der Waals surface area contributed by atoms with E-state index in [1.54, 1.807) is 18.2 Å². The summed E-state index contributed by atoms with van der Waals surface area (Å²) in [7, 11) is 0. The van der Waals surface area contributed by atoms with Crippen LogP contribution in [0.5, 0.6) is 0 Å². The van der Waals surface area contributed by atoms with Crippen LogP contribution in [0.1, 0.15) is 49.4 Å². The first-order valence-electron chi connectivity index (χ1n) is 7.66. The fraction of sp³-hybridized carbons (Fsp3) is 0.471. The largest absolute Gasteiger partial charge is 0.449 e. The smallest absolute Gasteiger partial charge is 0.340 e. The van der Waals surface area contributed by atoms with E-state index in [4.69, 9.17) is 16.3 Å². The molecular weight excluding hydrogens is 316 g/mol. The van der Waals surface area contributed by atoms with E-state index in [9.17, 15) is 14.9 Å². The molecule has 0 heterocycles. The second-order valence-electron chi connectivity index (χ2n) is 5.77. The standard InChI is InChI=1S/C17H19ClN2O3/c1-12(23-16(22)13-7-3-4-8-14(13)18)15(21)20-17(11-19)9-5-2-6-10-17/h3-4,7-8,12H,2,5-6,9-10H2,1H3,(H,20,21)/t12-/m1/s1. The third-order valence-electron chi connectivity index (χ3n) is 4.03. The van der Waals surface area contributed by atoms with Crippen LogP contribution in [0, 0.1) is 11.3 Å². The molecule has 1 aliphatic rings. The van der Waals surface area contributed by atoms with E-state index in [1.165, 1.54) is 13.0 Å². The van der Waals surface area contributed by atoms with Gasteiger partial charge >= 0.3 is 5.97 Å². The number of hydrogen-bond acceptors (Lipinski definition) is 4. The SMILES string of the molecule is C[C@@H](OC(=O)c1ccccc1Cl)C(=O)NC1(C#N)CCCCC1. The Hall–Kier alpha value is -2.06. The molecule has 122 valence electrons. The monoisotopic (exact) mass is 334 g/mol. The molecule has 0 radical (unpaired) electrons. The lowest BCUT2D eigenvalue weighted by Crippen LogP contribution is -2.52. The highest BCUT2D eigenvalue weighted by Gasteiger charge is 2.35. The summed E-state index contributed by atoms with van der Waals surface area (Å²) in [4.78, 5) is 24.3. The maximum Gasteiger partial charge on any atom is 0.340 e. The fourth-order valence-corrected chi connectivity index (χ4v) is 2.87. The van der Waals surface area contributed by atoms with Gasteiger partial charge in [-0.15, -0.1) is 0 Å². The Labute approximate surface area is 140 Å². The van der Waals surface area contributed by atoms with Crippen LogP contribution in [0.15, 0.2) is 24.3 Å². The number of rotatable bonds is 4. The first-order valence-corrected chi connectivity index (χ1v) is 8.04. The quantitative estimate of drug-likeness (QED) is 0.857. The van der Waals surface area contributed by atoms with Crippen LogP contribution >= 0.6 is 11.6 Å². The predicted molar refractivity (Wildman–Crippen MR) is 85.9 cm³/mol. The molecule has 0 saturated heterocycles. The van der Waals surface area contributed by atoms with Crippen LogP contribution in [-0.2, 0) is 9.53 Å². The molecule has 0 unspecified atom stereocenters. The molecular formula is C17H19ClN2O3. The third-order valence-corrected chi connectivity index (χ3v) is 4.36. The van der Waals surface area contributed by atoms with Gasteiger partial charge in [-0.1, -0.05) is 43.0 Å². The number of halogens is 1. The van der Waals surface area contributed by atoms with Crippen molar-refractivity contribution in [3.05, 3.63) is 34.9 Å². The van der Waals surface area contributed by atoms with Gasteiger partial charge in [0.05, 0.1) is 16.7 Å². The molecule has 1 atom stereocenters. The number of benzene rings is 1. The minimum absolute atomic E-state index is 0.210. The Morgan fingerprint density at radius 2 is 1.96 bits per heavy atom. The van der Waals surface area contributed by atoms with Gasteiger partial charge in [0.2, 0.25) is 0 Å². The van der Waals surface area contributed by atoms with Crippen LogP contribution in [0.2, 0.25) is 5.02 Å². The Bertz CT molecular complexity index is 633. The first-order chi connectivity index (χ1) is 11.0. The predicted octanol–water partition coefficient (Wildman–Crippen LogP) is 3.23. The molecule has 2 rings (SSSR count). The van der Waals surface area contributed by atoms with Gasteiger partial charge < -0.3 is 10.1 Å². The molecule has 1 aromatic rings. The summed E-state index contributed by atoms with van der Waals surface area (Å²) in [6.07, 6.45) is 3.13. The summed E-state index contributed by atoms with van der Waals surface area (Å²) < 4.78 is 5.17. The molecule has 5 nitrogen and oxygen atoms in total. The summed E-state index contributed by atoms with van der Waals surface area (Å²) in [6.45, 7) is 1.48. The van der Waals surface area contributed by atoms with E-state index >= 15 is 0 Å². The molecule has 0 bridgehead atoms. The zero-order valence-electron chi connectivity index (χ0n) is 13.0. The van der Waals surface area contributed by atoms with Crippen LogP contribution in [0.4, 0.5) is 0 Å². The molecule has 1 N–H and O–H groups in total. The number of hydrogen-bond donors (Lipinski definition) is 1. The number of ether oxygens (including phenoxy) is 1. The average Bonchev–Trinajstić information content (AvgIpc) is 2.55. The van der Waals surface area contributed by atoms with Gasteiger partial charge in [-0.3, -0.25) is 4.79 Å². The van der Waals surface area contributed by atoms with Crippen molar-refractivity contribution < 1.29 is 14.3 Å². The normalized spacial score (nSPS) is 17.6. The molecule has 1 aliphatic carbocycles. The Balaban J connectivity index is 1.99. The highest BCUT2D eigenvalue weighted by molar-refractivity contribution is 6.33. The van der Waals surface area contributed by atoms with Crippen molar-refractivity contribution >= 4 is 23.5 Å². The molecule has 1 amide bonds. The van der Waals surface area contributed by atoms with Crippen molar-refractivity contribution in [2.24, 2.45) is 0 Å². The Kier molecular flexibility index (Phi) is 5.62. The van der Waals surface area contributed by atoms with Gasteiger partial charge in [0, 0.05) is 0 Å². The van der Waals surface area contributed by atoms with E-state index in [-0.39, 0.29) is 10.6 Å². The molecule has 0 aliphatic heterocycles. The lowest BCUT2D eigenvalue weighted by molar-refractivity contribution is -0.130. The van der Waals surface area contributed by atoms with Gasteiger partial charge in [-0.25, -0.2) is 4.79 Å². The topological polar surface area (TPSA) is 79.2 Å². The van der Waals surface area contributed by atoms with Crippen molar-refractivity contribution in [1.29, 1.82) is 5.26 Å². The number of carbonyl (C=O) groups excluding carboxylic acids is 2. The van der Waals surface area contributed by atoms with Crippen LogP contribution in [0.25, 0.3) is 0 Å². The summed E-state index contributed by atoms with van der Waals surface area (Å²) in [5, 5.41) is 12.4. The summed E-state index contributed by atoms with van der Waals surface area (Å²) in [5.74, 6) is -1.12. The second kappa shape index (κ2) is 7.47. The highest BCUT2D eigenvalue weighted by atomic mass is 35.5. The zero-order valence-corrected chi connectivity index (χ0v) is 13.7. The fourth-order valence-electron chi connectivity index (χ4n) is 2.66. The molecule has 23 heavy (non-hydrogen) atoms. The van der Waals surface area contributed by atoms with E-state index in [2.05, 4.69) is 11.4 Å². The van der Waals surface area contributed by atoms with E-state index < -0.39 is 23.5 Å². The molecule has 1 aromatic carbocycles. The van der Waals surface area contributed by atoms with E-state index in [1.807, 2.05) is 0 Å². The number of esters is 1. The number of carbonyl (C=O) groups is 2. The minimum Gasteiger partial charge on any atom is -0.449 e. The van der Waals surface area contributed by atoms with Crippen LogP contribution in [0.3, 0.4) is 0 Å². The van der Waals surface area contributed by atoms with Crippen molar-refractivity contribution in [2.75, 3.05) is 0 Å². The number of amides is 1. The maximum absolute atomic E-state index is 12.3. The van der Waals surface area contributed by atoms with Gasteiger partial charge in [-0.2, -0.15) is 5.26 Å². The second-order valence-corrected chi connectivity index (χ2v) is 6.18. The van der Waals surface area contributed by atoms with Gasteiger partial charge in [-0.05, 0) is 31.9 Å². The Morgan fingerprint density at radius 1 is 1.30 bits per heavy atom. The minimum atomic E-state index is -0.995. The van der Waals surface area contributed by atoms with Crippen molar-refractivity contribution in [1.82, 2.24) is 5.32 Å². The molecule has 6 heteroatoms.